The first-order chi connectivity index (χ1) is 6.65. The molecule has 0 radical (unpaired) electrons. The van der Waals surface area contributed by atoms with Crippen LogP contribution in [0, 0.1) is 0 Å². The molecule has 1 aromatic rings. The third kappa shape index (κ3) is 2.64. The smallest absolute Gasteiger partial charge is 0.161 e. The summed E-state index contributed by atoms with van der Waals surface area (Å²) in [5.74, 6) is -0.0863. The highest BCUT2D eigenvalue weighted by atomic mass is 16.3. The van der Waals surface area contributed by atoms with Crippen LogP contribution in [0.2, 0.25) is 0 Å². The van der Waals surface area contributed by atoms with Gasteiger partial charge in [-0.05, 0) is 19.4 Å². The number of benzene rings is 1. The predicted octanol–water partition coefficient (Wildman–Crippen LogP) is 1.99. The molecule has 14 heavy (non-hydrogen) atoms. The molecule has 0 saturated carbocycles. The molecular weight excluding hydrogens is 178 g/mol. The van der Waals surface area contributed by atoms with Crippen molar-refractivity contribution in [1.82, 2.24) is 5.32 Å². The maximum Gasteiger partial charge on any atom is 0.161 e. The van der Waals surface area contributed by atoms with Gasteiger partial charge in [0.15, 0.2) is 11.5 Å². The van der Waals surface area contributed by atoms with E-state index in [1.54, 1.807) is 12.1 Å². The molecule has 0 spiro atoms. The molecular formula is C11H17NO2. The Labute approximate surface area is 84.4 Å². The van der Waals surface area contributed by atoms with E-state index in [0.29, 0.717) is 12.6 Å². The Kier molecular flexibility index (Phi) is 3.77. The van der Waals surface area contributed by atoms with Gasteiger partial charge in [-0.25, -0.2) is 0 Å². The van der Waals surface area contributed by atoms with E-state index in [2.05, 4.69) is 19.2 Å². The molecule has 1 aromatic carbocycles. The van der Waals surface area contributed by atoms with Crippen molar-refractivity contribution < 1.29 is 10.2 Å². The molecule has 3 N–H and O–H groups in total. The third-order valence-corrected chi connectivity index (χ3v) is 2.35. The fourth-order valence-corrected chi connectivity index (χ4v) is 1.15. The molecule has 0 aliphatic heterocycles. The topological polar surface area (TPSA) is 52.5 Å². The van der Waals surface area contributed by atoms with E-state index in [0.717, 1.165) is 12.0 Å². The lowest BCUT2D eigenvalue weighted by atomic mass is 10.1. The molecule has 0 aliphatic carbocycles. The van der Waals surface area contributed by atoms with Gasteiger partial charge < -0.3 is 15.5 Å². The van der Waals surface area contributed by atoms with Crippen molar-refractivity contribution in [3.05, 3.63) is 23.8 Å². The number of aromatic hydroxyl groups is 2. The van der Waals surface area contributed by atoms with Crippen LogP contribution < -0.4 is 5.32 Å². The van der Waals surface area contributed by atoms with Crippen LogP contribution in [0.5, 0.6) is 11.5 Å². The van der Waals surface area contributed by atoms with E-state index in [1.807, 2.05) is 0 Å². The van der Waals surface area contributed by atoms with Gasteiger partial charge in [-0.2, -0.15) is 0 Å². The third-order valence-electron chi connectivity index (χ3n) is 2.35. The van der Waals surface area contributed by atoms with E-state index in [1.165, 1.54) is 6.07 Å². The SMILES string of the molecule is CCC(C)NCc1cccc(O)c1O. The quantitative estimate of drug-likeness (QED) is 0.644. The summed E-state index contributed by atoms with van der Waals surface area (Å²) in [6.45, 7) is 4.76. The van der Waals surface area contributed by atoms with Crippen molar-refractivity contribution in [2.24, 2.45) is 0 Å². The van der Waals surface area contributed by atoms with Gasteiger partial charge in [-0.1, -0.05) is 19.1 Å². The minimum atomic E-state index is -0.0616. The molecule has 0 aromatic heterocycles. The van der Waals surface area contributed by atoms with Gasteiger partial charge in [-0.15, -0.1) is 0 Å². The Morgan fingerprint density at radius 2 is 2.07 bits per heavy atom. The molecule has 1 rings (SSSR count). The van der Waals surface area contributed by atoms with Gasteiger partial charge in [0.2, 0.25) is 0 Å². The van der Waals surface area contributed by atoms with Crippen molar-refractivity contribution in [1.29, 1.82) is 0 Å². The first kappa shape index (κ1) is 10.9. The summed E-state index contributed by atoms with van der Waals surface area (Å²) in [7, 11) is 0. The van der Waals surface area contributed by atoms with Gasteiger partial charge in [-0.3, -0.25) is 0 Å². The van der Waals surface area contributed by atoms with Crippen LogP contribution in [0.15, 0.2) is 18.2 Å². The summed E-state index contributed by atoms with van der Waals surface area (Å²) in [6, 6.07) is 5.41. The summed E-state index contributed by atoms with van der Waals surface area (Å²) in [4.78, 5) is 0. The maximum atomic E-state index is 9.49. The second-order valence-corrected chi connectivity index (χ2v) is 3.48. The summed E-state index contributed by atoms with van der Waals surface area (Å²) in [5.41, 5.74) is 0.727. The minimum Gasteiger partial charge on any atom is -0.504 e. The van der Waals surface area contributed by atoms with E-state index in [-0.39, 0.29) is 11.5 Å². The molecule has 0 heterocycles. The van der Waals surface area contributed by atoms with Gasteiger partial charge in [0.05, 0.1) is 0 Å². The Morgan fingerprint density at radius 1 is 1.36 bits per heavy atom. The number of phenolic OH excluding ortho intramolecular Hbond substituents is 2. The first-order valence-corrected chi connectivity index (χ1v) is 4.88. The van der Waals surface area contributed by atoms with Crippen molar-refractivity contribution in [3.63, 3.8) is 0 Å². The zero-order valence-electron chi connectivity index (χ0n) is 8.62. The molecule has 3 nitrogen and oxygen atoms in total. The molecule has 0 fully saturated rings. The van der Waals surface area contributed by atoms with Crippen LogP contribution in [0.4, 0.5) is 0 Å². The van der Waals surface area contributed by atoms with Crippen LogP contribution in [-0.4, -0.2) is 16.3 Å². The number of hydrogen-bond donors (Lipinski definition) is 3. The number of nitrogens with one attached hydrogen (secondary N) is 1. The minimum absolute atomic E-state index is 0.0247. The van der Waals surface area contributed by atoms with Crippen molar-refractivity contribution in [2.75, 3.05) is 0 Å². The predicted molar refractivity (Wildman–Crippen MR) is 56.4 cm³/mol. The largest absolute Gasteiger partial charge is 0.504 e. The summed E-state index contributed by atoms with van der Waals surface area (Å²) < 4.78 is 0. The zero-order valence-corrected chi connectivity index (χ0v) is 8.62. The average molecular weight is 195 g/mol. The second kappa shape index (κ2) is 4.86. The van der Waals surface area contributed by atoms with Gasteiger partial charge in [0.25, 0.3) is 0 Å². The molecule has 0 amide bonds. The van der Waals surface area contributed by atoms with Crippen LogP contribution in [0.25, 0.3) is 0 Å². The number of hydrogen-bond acceptors (Lipinski definition) is 3. The molecule has 1 unspecified atom stereocenters. The Morgan fingerprint density at radius 3 is 2.71 bits per heavy atom. The van der Waals surface area contributed by atoms with E-state index in [9.17, 15) is 10.2 Å². The van der Waals surface area contributed by atoms with Crippen molar-refractivity contribution in [2.45, 2.75) is 32.9 Å². The van der Waals surface area contributed by atoms with E-state index >= 15 is 0 Å². The van der Waals surface area contributed by atoms with Gasteiger partial charge >= 0.3 is 0 Å². The number of phenols is 2. The van der Waals surface area contributed by atoms with Crippen LogP contribution in [-0.2, 0) is 6.54 Å². The fraction of sp³-hybridized carbons (Fsp3) is 0.455. The van der Waals surface area contributed by atoms with Crippen LogP contribution in [0.3, 0.4) is 0 Å². The lowest BCUT2D eigenvalue weighted by Gasteiger charge is -2.12. The summed E-state index contributed by atoms with van der Waals surface area (Å²) in [5, 5.41) is 22.0. The molecule has 0 bridgehead atoms. The molecule has 3 heteroatoms. The van der Waals surface area contributed by atoms with Crippen molar-refractivity contribution in [3.8, 4) is 11.5 Å². The Bertz CT molecular complexity index is 299. The van der Waals surface area contributed by atoms with Crippen LogP contribution in [0.1, 0.15) is 25.8 Å². The fourth-order valence-electron chi connectivity index (χ4n) is 1.15. The number of rotatable bonds is 4. The lowest BCUT2D eigenvalue weighted by Crippen LogP contribution is -2.24. The second-order valence-electron chi connectivity index (χ2n) is 3.48. The van der Waals surface area contributed by atoms with E-state index < -0.39 is 0 Å². The molecule has 1 atom stereocenters. The first-order valence-electron chi connectivity index (χ1n) is 4.88. The monoisotopic (exact) mass is 195 g/mol. The van der Waals surface area contributed by atoms with Crippen LogP contribution >= 0.6 is 0 Å². The Hall–Kier alpha value is -1.22. The lowest BCUT2D eigenvalue weighted by molar-refractivity contribution is 0.396. The highest BCUT2D eigenvalue weighted by Crippen LogP contribution is 2.27. The highest BCUT2D eigenvalue weighted by Gasteiger charge is 2.06. The number of para-hydroxylation sites is 1. The zero-order chi connectivity index (χ0) is 10.6. The average Bonchev–Trinajstić information content (AvgIpc) is 2.20. The van der Waals surface area contributed by atoms with Gasteiger partial charge in [0.1, 0.15) is 0 Å². The highest BCUT2D eigenvalue weighted by molar-refractivity contribution is 5.44. The summed E-state index contributed by atoms with van der Waals surface area (Å²) in [6.07, 6.45) is 1.04. The van der Waals surface area contributed by atoms with Crippen molar-refractivity contribution >= 4 is 0 Å². The van der Waals surface area contributed by atoms with Gasteiger partial charge in [0, 0.05) is 18.2 Å². The molecule has 0 saturated heterocycles. The standard InChI is InChI=1S/C11H17NO2/c1-3-8(2)12-7-9-5-4-6-10(13)11(9)14/h4-6,8,12-14H,3,7H2,1-2H3. The molecule has 0 aliphatic rings. The normalized spacial score (nSPS) is 12.7. The van der Waals surface area contributed by atoms with E-state index in [4.69, 9.17) is 0 Å². The maximum absolute atomic E-state index is 9.49. The Balaban J connectivity index is 2.63. The summed E-state index contributed by atoms with van der Waals surface area (Å²) >= 11 is 0. The molecule has 78 valence electrons.